The third-order valence-electron chi connectivity index (χ3n) is 4.84. The van der Waals surface area contributed by atoms with Gasteiger partial charge in [0, 0.05) is 18.8 Å². The second kappa shape index (κ2) is 7.01. The molecule has 1 aliphatic heterocycles. The van der Waals surface area contributed by atoms with Gasteiger partial charge in [0.25, 0.3) is 0 Å². The van der Waals surface area contributed by atoms with Crippen LogP contribution in [-0.2, 0) is 14.8 Å². The Kier molecular flexibility index (Phi) is 5.38. The maximum absolute atomic E-state index is 12.6. The molecule has 0 radical (unpaired) electrons. The van der Waals surface area contributed by atoms with Gasteiger partial charge in [0.2, 0.25) is 15.9 Å². The van der Waals surface area contributed by atoms with E-state index in [0.29, 0.717) is 37.1 Å². The largest absolute Gasteiger partial charge is 0.369 e. The summed E-state index contributed by atoms with van der Waals surface area (Å²) in [6.45, 7) is 4.39. The predicted octanol–water partition coefficient (Wildman–Crippen LogP) is 1.15. The molecule has 1 atom stereocenters. The van der Waals surface area contributed by atoms with E-state index < -0.39 is 27.4 Å². The summed E-state index contributed by atoms with van der Waals surface area (Å²) < 4.78 is 23.0. The van der Waals surface area contributed by atoms with Gasteiger partial charge in [0.1, 0.15) is 0 Å². The summed E-state index contributed by atoms with van der Waals surface area (Å²) in [5.41, 5.74) is 5.89. The number of carbonyl (C=O) groups is 2. The monoisotopic (exact) mass is 368 g/mol. The van der Waals surface area contributed by atoms with E-state index in [-0.39, 0.29) is 11.4 Å². The van der Waals surface area contributed by atoms with Crippen LogP contribution < -0.4 is 16.2 Å². The van der Waals surface area contributed by atoms with Crippen LogP contribution in [0.4, 0.5) is 10.5 Å². The van der Waals surface area contributed by atoms with Gasteiger partial charge >= 0.3 is 6.03 Å². The first-order valence-corrected chi connectivity index (χ1v) is 9.63. The first kappa shape index (κ1) is 19.2. The van der Waals surface area contributed by atoms with Crippen molar-refractivity contribution in [2.75, 3.05) is 18.4 Å². The van der Waals surface area contributed by atoms with Crippen LogP contribution in [0.25, 0.3) is 0 Å². The number of likely N-dealkylation sites (tertiary alicyclic amines) is 1. The van der Waals surface area contributed by atoms with Crippen molar-refractivity contribution >= 4 is 27.6 Å². The molecule has 1 aromatic rings. The maximum atomic E-state index is 12.6. The summed E-state index contributed by atoms with van der Waals surface area (Å²) in [6, 6.07) is 3.89. The van der Waals surface area contributed by atoms with Crippen LogP contribution in [-0.4, -0.2) is 38.3 Å². The van der Waals surface area contributed by atoms with Crippen LogP contribution in [0.3, 0.4) is 0 Å². The molecule has 1 heterocycles. The molecule has 1 aliphatic rings. The van der Waals surface area contributed by atoms with Crippen molar-refractivity contribution in [3.63, 3.8) is 0 Å². The van der Waals surface area contributed by atoms with E-state index >= 15 is 0 Å². The molecule has 25 heavy (non-hydrogen) atoms. The summed E-state index contributed by atoms with van der Waals surface area (Å²) in [5.74, 6) is -0.403. The smallest absolute Gasteiger partial charge is 0.321 e. The minimum Gasteiger partial charge on any atom is -0.369 e. The number of nitrogens with one attached hydrogen (secondary N) is 1. The van der Waals surface area contributed by atoms with E-state index in [1.165, 1.54) is 12.1 Å². The minimum atomic E-state index is -3.86. The number of primary amides is 1. The van der Waals surface area contributed by atoms with Gasteiger partial charge in [-0.1, -0.05) is 13.0 Å². The quantitative estimate of drug-likeness (QED) is 0.734. The van der Waals surface area contributed by atoms with Gasteiger partial charge in [-0.2, -0.15) is 0 Å². The molecule has 0 spiro atoms. The molecule has 9 heteroatoms. The molecule has 8 nitrogen and oxygen atoms in total. The number of piperidine rings is 1. The molecule has 138 valence electrons. The first-order chi connectivity index (χ1) is 11.6. The summed E-state index contributed by atoms with van der Waals surface area (Å²) in [7, 11) is -3.86. The zero-order valence-corrected chi connectivity index (χ0v) is 15.2. The summed E-state index contributed by atoms with van der Waals surface area (Å²) in [4.78, 5) is 25.9. The van der Waals surface area contributed by atoms with Gasteiger partial charge in [-0.3, -0.25) is 4.79 Å². The Morgan fingerprint density at radius 1 is 1.36 bits per heavy atom. The molecule has 2 rings (SSSR count). The number of anilines is 1. The number of nitrogens with zero attached hydrogens (tertiary/aromatic N) is 1. The maximum Gasteiger partial charge on any atom is 0.321 e. The SMILES string of the molecule is CC[C@@]1(C(N)=O)CCCN(C(=O)Nc2cc(S(N)(=O)=O)ccc2C)C1. The van der Waals surface area contributed by atoms with Gasteiger partial charge in [0.15, 0.2) is 0 Å². The highest BCUT2D eigenvalue weighted by Crippen LogP contribution is 2.33. The molecule has 1 saturated heterocycles. The number of aryl methyl sites for hydroxylation is 1. The van der Waals surface area contributed by atoms with E-state index in [4.69, 9.17) is 10.9 Å². The second-order valence-electron chi connectivity index (χ2n) is 6.48. The predicted molar refractivity (Wildman–Crippen MR) is 94.3 cm³/mol. The van der Waals surface area contributed by atoms with Gasteiger partial charge < -0.3 is 16.0 Å². The fraction of sp³-hybridized carbons (Fsp3) is 0.500. The Hall–Kier alpha value is -2.13. The van der Waals surface area contributed by atoms with Crippen molar-refractivity contribution in [3.05, 3.63) is 23.8 Å². The summed E-state index contributed by atoms with van der Waals surface area (Å²) in [5, 5.41) is 7.84. The number of sulfonamides is 1. The number of carbonyl (C=O) groups excluding carboxylic acids is 2. The Bertz CT molecular complexity index is 793. The number of primary sulfonamides is 1. The fourth-order valence-electron chi connectivity index (χ4n) is 3.08. The Morgan fingerprint density at radius 3 is 2.60 bits per heavy atom. The van der Waals surface area contributed by atoms with E-state index in [2.05, 4.69) is 5.32 Å². The van der Waals surface area contributed by atoms with Crippen molar-refractivity contribution in [1.82, 2.24) is 4.90 Å². The lowest BCUT2D eigenvalue weighted by Crippen LogP contribution is -2.52. The topological polar surface area (TPSA) is 136 Å². The highest BCUT2D eigenvalue weighted by Gasteiger charge is 2.40. The van der Waals surface area contributed by atoms with Gasteiger partial charge in [0.05, 0.1) is 10.3 Å². The number of rotatable bonds is 4. The van der Waals surface area contributed by atoms with Crippen LogP contribution in [0.1, 0.15) is 31.7 Å². The molecule has 3 amide bonds. The highest BCUT2D eigenvalue weighted by atomic mass is 32.2. The molecule has 0 saturated carbocycles. The van der Waals surface area contributed by atoms with Gasteiger partial charge in [-0.25, -0.2) is 18.4 Å². The third-order valence-corrected chi connectivity index (χ3v) is 5.75. The molecule has 0 aliphatic carbocycles. The second-order valence-corrected chi connectivity index (χ2v) is 8.04. The van der Waals surface area contributed by atoms with Crippen LogP contribution in [0.15, 0.2) is 23.1 Å². The molecule has 0 unspecified atom stereocenters. The molecule has 1 aromatic carbocycles. The summed E-state index contributed by atoms with van der Waals surface area (Å²) >= 11 is 0. The van der Waals surface area contributed by atoms with Gasteiger partial charge in [-0.05, 0) is 43.9 Å². The highest BCUT2D eigenvalue weighted by molar-refractivity contribution is 7.89. The van der Waals surface area contributed by atoms with Gasteiger partial charge in [-0.15, -0.1) is 0 Å². The van der Waals surface area contributed by atoms with Crippen molar-refractivity contribution in [2.45, 2.75) is 38.0 Å². The van der Waals surface area contributed by atoms with Crippen LogP contribution >= 0.6 is 0 Å². The standard InChI is InChI=1S/C16H24N4O4S/c1-3-16(14(17)21)7-4-8-20(10-16)15(22)19-13-9-12(25(18,23)24)6-5-11(13)2/h5-6,9H,3-4,7-8,10H2,1-2H3,(H2,17,21)(H,19,22)(H2,18,23,24)/t16-/m1/s1. The molecular formula is C16H24N4O4S. The third kappa shape index (κ3) is 4.10. The van der Waals surface area contributed by atoms with Crippen molar-refractivity contribution in [1.29, 1.82) is 0 Å². The summed E-state index contributed by atoms with van der Waals surface area (Å²) in [6.07, 6.45) is 1.90. The molecule has 0 bridgehead atoms. The Balaban J connectivity index is 2.21. The molecule has 0 aromatic heterocycles. The average molecular weight is 368 g/mol. The van der Waals surface area contributed by atoms with E-state index in [1.54, 1.807) is 17.9 Å². The van der Waals surface area contributed by atoms with Crippen LogP contribution in [0, 0.1) is 12.3 Å². The number of hydrogen-bond donors (Lipinski definition) is 3. The zero-order chi connectivity index (χ0) is 18.8. The molecule has 5 N–H and O–H groups in total. The average Bonchev–Trinajstić information content (AvgIpc) is 2.55. The normalized spacial score (nSPS) is 21.0. The zero-order valence-electron chi connectivity index (χ0n) is 14.4. The number of amides is 3. The van der Waals surface area contributed by atoms with Crippen molar-refractivity contribution in [3.8, 4) is 0 Å². The van der Waals surface area contributed by atoms with Crippen LogP contribution in [0.5, 0.6) is 0 Å². The van der Waals surface area contributed by atoms with Crippen molar-refractivity contribution < 1.29 is 18.0 Å². The lowest BCUT2D eigenvalue weighted by Gasteiger charge is -2.40. The lowest BCUT2D eigenvalue weighted by molar-refractivity contribution is -0.130. The van der Waals surface area contributed by atoms with E-state index in [1.807, 2.05) is 6.92 Å². The fourth-order valence-corrected chi connectivity index (χ4v) is 3.62. The van der Waals surface area contributed by atoms with E-state index in [0.717, 1.165) is 0 Å². The van der Waals surface area contributed by atoms with Crippen molar-refractivity contribution in [2.24, 2.45) is 16.3 Å². The molecule has 1 fully saturated rings. The van der Waals surface area contributed by atoms with Crippen LogP contribution in [0.2, 0.25) is 0 Å². The number of urea groups is 1. The Labute approximate surface area is 147 Å². The Morgan fingerprint density at radius 2 is 2.04 bits per heavy atom. The number of hydrogen-bond acceptors (Lipinski definition) is 4. The van der Waals surface area contributed by atoms with E-state index in [9.17, 15) is 18.0 Å². The number of benzene rings is 1. The number of nitrogens with two attached hydrogens (primary N) is 2. The minimum absolute atomic E-state index is 0.0768. The lowest BCUT2D eigenvalue weighted by atomic mass is 9.77. The molecular weight excluding hydrogens is 344 g/mol. The first-order valence-electron chi connectivity index (χ1n) is 8.08.